The van der Waals surface area contributed by atoms with E-state index in [1.165, 1.54) is 0 Å². The first-order valence-corrected chi connectivity index (χ1v) is 6.28. The Morgan fingerprint density at radius 1 is 1.26 bits per heavy atom. The van der Waals surface area contributed by atoms with E-state index in [9.17, 15) is 4.79 Å². The normalized spacial score (nSPS) is 16.4. The lowest BCUT2D eigenvalue weighted by Crippen LogP contribution is -2.01. The summed E-state index contributed by atoms with van der Waals surface area (Å²) in [6.45, 7) is 0. The molecule has 0 aliphatic heterocycles. The number of benzene rings is 1. The molecule has 1 aromatic carbocycles. The number of aromatic amines is 1. The van der Waals surface area contributed by atoms with Crippen molar-refractivity contribution >= 4 is 28.0 Å². The van der Waals surface area contributed by atoms with Crippen LogP contribution in [-0.4, -0.2) is 16.0 Å². The predicted molar refractivity (Wildman–Crippen MR) is 72.6 cm³/mol. The molecular weight excluding hydrogens is 238 g/mol. The van der Waals surface area contributed by atoms with Gasteiger partial charge in [-0.25, -0.2) is 9.78 Å². The summed E-state index contributed by atoms with van der Waals surface area (Å²) in [4.78, 5) is 22.1. The van der Waals surface area contributed by atoms with Crippen LogP contribution in [0.3, 0.4) is 0 Å². The Morgan fingerprint density at radius 2 is 2.16 bits per heavy atom. The first-order chi connectivity index (χ1) is 9.32. The van der Waals surface area contributed by atoms with Gasteiger partial charge in [-0.2, -0.15) is 4.99 Å². The molecule has 1 fully saturated rings. The second-order valence-corrected chi connectivity index (χ2v) is 5.02. The maximum Gasteiger partial charge on any atom is 0.235 e. The molecule has 1 aliphatic carbocycles. The molecule has 4 nitrogen and oxygen atoms in total. The van der Waals surface area contributed by atoms with Crippen molar-refractivity contribution in [3.05, 3.63) is 42.1 Å². The zero-order chi connectivity index (χ0) is 12.9. The molecule has 0 amide bonds. The molecule has 4 rings (SSSR count). The Bertz CT molecular complexity index is 839. The number of rotatable bonds is 2. The van der Waals surface area contributed by atoms with E-state index in [-0.39, 0.29) is 5.54 Å². The summed E-state index contributed by atoms with van der Waals surface area (Å²) in [6.07, 6.45) is 5.33. The summed E-state index contributed by atoms with van der Waals surface area (Å²) >= 11 is 0. The van der Waals surface area contributed by atoms with Crippen molar-refractivity contribution in [3.63, 3.8) is 0 Å². The van der Waals surface area contributed by atoms with Gasteiger partial charge in [0.2, 0.25) is 6.08 Å². The maximum absolute atomic E-state index is 10.6. The highest BCUT2D eigenvalue weighted by Crippen LogP contribution is 2.49. The third-order valence-electron chi connectivity index (χ3n) is 3.89. The lowest BCUT2D eigenvalue weighted by Gasteiger charge is -2.07. The molecule has 1 saturated carbocycles. The Balaban J connectivity index is 2.00. The van der Waals surface area contributed by atoms with E-state index in [0.717, 1.165) is 40.3 Å². The fourth-order valence-electron chi connectivity index (χ4n) is 2.69. The van der Waals surface area contributed by atoms with Gasteiger partial charge in [-0.05, 0) is 42.7 Å². The molecular formula is C15H11N3O. The van der Waals surface area contributed by atoms with Crippen LogP contribution in [0.25, 0.3) is 21.9 Å². The minimum atomic E-state index is -0.318. The van der Waals surface area contributed by atoms with Gasteiger partial charge in [-0.1, -0.05) is 6.07 Å². The quantitative estimate of drug-likeness (QED) is 0.560. The smallest absolute Gasteiger partial charge is 0.235 e. The van der Waals surface area contributed by atoms with Crippen LogP contribution in [0, 0.1) is 0 Å². The van der Waals surface area contributed by atoms with Gasteiger partial charge in [0, 0.05) is 22.5 Å². The molecule has 2 heterocycles. The van der Waals surface area contributed by atoms with E-state index in [2.05, 4.69) is 21.0 Å². The molecule has 2 aromatic heterocycles. The summed E-state index contributed by atoms with van der Waals surface area (Å²) in [6, 6.07) is 10.2. The van der Waals surface area contributed by atoms with Gasteiger partial charge in [0.05, 0.1) is 5.54 Å². The number of carbonyl (C=O) groups excluding carboxylic acids is 1. The van der Waals surface area contributed by atoms with Crippen LogP contribution in [0.15, 0.2) is 41.5 Å². The van der Waals surface area contributed by atoms with Crippen molar-refractivity contribution in [1.29, 1.82) is 0 Å². The molecule has 92 valence electrons. The fourth-order valence-corrected chi connectivity index (χ4v) is 2.69. The van der Waals surface area contributed by atoms with Gasteiger partial charge in [0.15, 0.2) is 0 Å². The van der Waals surface area contributed by atoms with Crippen LogP contribution >= 0.6 is 0 Å². The van der Waals surface area contributed by atoms with Crippen LogP contribution in [0.4, 0.5) is 0 Å². The molecule has 1 aliphatic rings. The molecule has 3 aromatic rings. The van der Waals surface area contributed by atoms with E-state index in [0.29, 0.717) is 0 Å². The minimum Gasteiger partial charge on any atom is -0.339 e. The third-order valence-corrected chi connectivity index (χ3v) is 3.89. The number of nitrogens with one attached hydrogen (secondary N) is 1. The highest BCUT2D eigenvalue weighted by Gasteiger charge is 2.44. The van der Waals surface area contributed by atoms with Crippen molar-refractivity contribution < 1.29 is 4.79 Å². The number of aromatic nitrogens is 2. The number of fused-ring (bicyclic) bond motifs is 3. The predicted octanol–water partition coefficient (Wildman–Crippen LogP) is 3.04. The average Bonchev–Trinajstić information content (AvgIpc) is 3.13. The second kappa shape index (κ2) is 3.53. The van der Waals surface area contributed by atoms with Gasteiger partial charge in [-0.3, -0.25) is 0 Å². The number of hydrogen-bond acceptors (Lipinski definition) is 3. The molecule has 0 unspecified atom stereocenters. The van der Waals surface area contributed by atoms with Gasteiger partial charge in [0.1, 0.15) is 5.65 Å². The lowest BCUT2D eigenvalue weighted by atomic mass is 10.0. The molecule has 19 heavy (non-hydrogen) atoms. The van der Waals surface area contributed by atoms with Crippen LogP contribution in [-0.2, 0) is 10.3 Å². The SMILES string of the molecule is O=C=NC1(c2ccc3[nH]c4ncccc4c3c2)CC1. The second-order valence-electron chi connectivity index (χ2n) is 5.02. The number of nitrogens with zero attached hydrogens (tertiary/aromatic N) is 2. The minimum absolute atomic E-state index is 0.318. The molecule has 0 bridgehead atoms. The van der Waals surface area contributed by atoms with Crippen molar-refractivity contribution in [2.75, 3.05) is 0 Å². The van der Waals surface area contributed by atoms with Crippen molar-refractivity contribution in [2.45, 2.75) is 18.4 Å². The average molecular weight is 249 g/mol. The fraction of sp³-hybridized carbons (Fsp3) is 0.200. The van der Waals surface area contributed by atoms with Crippen molar-refractivity contribution in [2.24, 2.45) is 4.99 Å². The summed E-state index contributed by atoms with van der Waals surface area (Å²) in [5.41, 5.74) is 2.72. The van der Waals surface area contributed by atoms with Gasteiger partial charge in [-0.15, -0.1) is 0 Å². The number of aliphatic imine (C=N–C) groups is 1. The third kappa shape index (κ3) is 1.44. The highest BCUT2D eigenvalue weighted by molar-refractivity contribution is 6.06. The first kappa shape index (κ1) is 10.5. The van der Waals surface area contributed by atoms with E-state index >= 15 is 0 Å². The van der Waals surface area contributed by atoms with E-state index in [1.54, 1.807) is 12.3 Å². The topological polar surface area (TPSA) is 58.1 Å². The van der Waals surface area contributed by atoms with Crippen LogP contribution in [0.5, 0.6) is 0 Å². The Labute approximate surface area is 109 Å². The van der Waals surface area contributed by atoms with Gasteiger partial charge >= 0.3 is 0 Å². The summed E-state index contributed by atoms with van der Waals surface area (Å²) in [7, 11) is 0. The molecule has 4 heteroatoms. The van der Waals surface area contributed by atoms with E-state index in [4.69, 9.17) is 0 Å². The monoisotopic (exact) mass is 249 g/mol. The Hall–Kier alpha value is -2.45. The summed E-state index contributed by atoms with van der Waals surface area (Å²) < 4.78 is 0. The first-order valence-electron chi connectivity index (χ1n) is 6.28. The molecule has 0 radical (unpaired) electrons. The summed E-state index contributed by atoms with van der Waals surface area (Å²) in [5.74, 6) is 0. The number of H-pyrrole nitrogens is 1. The zero-order valence-electron chi connectivity index (χ0n) is 10.2. The van der Waals surface area contributed by atoms with Gasteiger partial charge in [0.25, 0.3) is 0 Å². The van der Waals surface area contributed by atoms with E-state index in [1.807, 2.05) is 24.3 Å². The lowest BCUT2D eigenvalue weighted by molar-refractivity contribution is 0.556. The Kier molecular flexibility index (Phi) is 1.94. The molecule has 0 saturated heterocycles. The van der Waals surface area contributed by atoms with Crippen LogP contribution in [0.1, 0.15) is 18.4 Å². The van der Waals surface area contributed by atoms with Crippen molar-refractivity contribution in [1.82, 2.24) is 9.97 Å². The largest absolute Gasteiger partial charge is 0.339 e. The highest BCUT2D eigenvalue weighted by atomic mass is 16.1. The van der Waals surface area contributed by atoms with Crippen LogP contribution in [0.2, 0.25) is 0 Å². The zero-order valence-corrected chi connectivity index (χ0v) is 10.2. The maximum atomic E-state index is 10.6. The van der Waals surface area contributed by atoms with Crippen molar-refractivity contribution in [3.8, 4) is 0 Å². The molecule has 0 spiro atoms. The van der Waals surface area contributed by atoms with Crippen LogP contribution < -0.4 is 0 Å². The number of hydrogen-bond donors (Lipinski definition) is 1. The molecule has 1 N–H and O–H groups in total. The van der Waals surface area contributed by atoms with E-state index < -0.39 is 0 Å². The molecule has 0 atom stereocenters. The number of pyridine rings is 1. The number of isocyanates is 1. The van der Waals surface area contributed by atoms with Gasteiger partial charge < -0.3 is 4.98 Å². The standard InChI is InChI=1S/C15H11N3O/c19-9-17-15(5-6-15)10-3-4-13-12(8-10)11-2-1-7-16-14(11)18-13/h1-4,7-8H,5-6H2,(H,16,18). The Morgan fingerprint density at radius 3 is 2.95 bits per heavy atom. The summed E-state index contributed by atoms with van der Waals surface area (Å²) in [5, 5.41) is 2.23.